The van der Waals surface area contributed by atoms with Crippen LogP contribution in [0.3, 0.4) is 0 Å². The fourth-order valence-electron chi connectivity index (χ4n) is 1.70. The van der Waals surface area contributed by atoms with Crippen LogP contribution < -0.4 is 4.72 Å². The van der Waals surface area contributed by atoms with Gasteiger partial charge in [0, 0.05) is 12.5 Å². The first-order valence-corrected chi connectivity index (χ1v) is 7.58. The van der Waals surface area contributed by atoms with Crippen LogP contribution in [0.4, 0.5) is 0 Å². The third-order valence-corrected chi connectivity index (χ3v) is 4.24. The number of nitrogens with one attached hydrogen (secondary N) is 1. The number of sulfonamides is 1. The maximum atomic E-state index is 12.1. The normalized spacial score (nSPS) is 11.9. The minimum Gasteiger partial charge on any atom is -0.462 e. The van der Waals surface area contributed by atoms with Crippen molar-refractivity contribution in [2.24, 2.45) is 0 Å². The molecule has 110 valence electrons. The second-order valence-electron chi connectivity index (χ2n) is 4.19. The molecule has 0 saturated carbocycles. The zero-order chi connectivity index (χ0) is 14.8. The van der Waals surface area contributed by atoms with Crippen molar-refractivity contribution >= 4 is 10.0 Å². The van der Waals surface area contributed by atoms with Gasteiger partial charge in [-0.15, -0.1) is 0 Å². The van der Waals surface area contributed by atoms with Crippen molar-refractivity contribution in [2.75, 3.05) is 0 Å². The molecule has 0 aliphatic heterocycles. The zero-order valence-electron chi connectivity index (χ0n) is 11.2. The minimum atomic E-state index is -3.73. The van der Waals surface area contributed by atoms with Gasteiger partial charge in [-0.1, -0.05) is 6.92 Å². The van der Waals surface area contributed by atoms with E-state index in [-0.39, 0.29) is 29.6 Å². The van der Waals surface area contributed by atoms with Crippen molar-refractivity contribution in [2.45, 2.75) is 38.3 Å². The lowest BCUT2D eigenvalue weighted by atomic mass is 10.4. The van der Waals surface area contributed by atoms with E-state index in [0.29, 0.717) is 18.1 Å². The predicted octanol–water partition coefficient (Wildman–Crippen LogP) is 1.11. The number of aromatic nitrogens is 1. The van der Waals surface area contributed by atoms with E-state index in [0.717, 1.165) is 0 Å². The summed E-state index contributed by atoms with van der Waals surface area (Å²) in [5.74, 6) is 1.42. The van der Waals surface area contributed by atoms with Crippen LogP contribution in [-0.2, 0) is 29.6 Å². The number of aryl methyl sites for hydroxylation is 2. The molecule has 2 aromatic heterocycles. The van der Waals surface area contributed by atoms with Crippen molar-refractivity contribution in [1.82, 2.24) is 9.71 Å². The van der Waals surface area contributed by atoms with Gasteiger partial charge in [-0.2, -0.15) is 0 Å². The zero-order valence-corrected chi connectivity index (χ0v) is 12.0. The molecule has 0 fully saturated rings. The molecule has 0 amide bonds. The number of rotatable bonds is 6. The van der Waals surface area contributed by atoms with E-state index in [1.807, 2.05) is 6.92 Å². The number of oxazole rings is 1. The van der Waals surface area contributed by atoms with Crippen LogP contribution in [0.15, 0.2) is 26.0 Å². The summed E-state index contributed by atoms with van der Waals surface area (Å²) in [6.07, 6.45) is 2.26. The first-order chi connectivity index (χ1) is 9.46. The topological polar surface area (TPSA) is 106 Å². The third-order valence-electron chi connectivity index (χ3n) is 2.73. The van der Waals surface area contributed by atoms with E-state index in [4.69, 9.17) is 13.9 Å². The van der Waals surface area contributed by atoms with Gasteiger partial charge < -0.3 is 13.9 Å². The van der Waals surface area contributed by atoms with Crippen LogP contribution in [-0.4, -0.2) is 18.5 Å². The lowest BCUT2D eigenvalue weighted by Crippen LogP contribution is -2.23. The number of aliphatic hydroxyl groups is 1. The summed E-state index contributed by atoms with van der Waals surface area (Å²) in [4.78, 5) is 3.97. The molecular weight excluding hydrogens is 284 g/mol. The summed E-state index contributed by atoms with van der Waals surface area (Å²) in [6, 6.07) is 1.30. The fraction of sp³-hybridized carbons (Fsp3) is 0.417. The van der Waals surface area contributed by atoms with Crippen molar-refractivity contribution in [3.05, 3.63) is 35.4 Å². The molecule has 2 N–H and O–H groups in total. The Labute approximate surface area is 116 Å². The Kier molecular flexibility index (Phi) is 4.26. The van der Waals surface area contributed by atoms with Crippen LogP contribution in [0.25, 0.3) is 0 Å². The van der Waals surface area contributed by atoms with Crippen LogP contribution in [0.1, 0.15) is 30.1 Å². The Morgan fingerprint density at radius 2 is 2.10 bits per heavy atom. The van der Waals surface area contributed by atoms with Crippen molar-refractivity contribution < 1.29 is 22.4 Å². The highest BCUT2D eigenvalue weighted by molar-refractivity contribution is 7.89. The highest BCUT2D eigenvalue weighted by Crippen LogP contribution is 2.20. The molecule has 20 heavy (non-hydrogen) atoms. The molecule has 8 heteroatoms. The Balaban J connectivity index is 2.12. The highest BCUT2D eigenvalue weighted by Gasteiger charge is 2.21. The first kappa shape index (κ1) is 14.8. The minimum absolute atomic E-state index is 0.00354. The van der Waals surface area contributed by atoms with Gasteiger partial charge in [0.1, 0.15) is 28.8 Å². The van der Waals surface area contributed by atoms with Crippen molar-refractivity contribution in [1.29, 1.82) is 0 Å². The SMILES string of the molecule is CCc1cnc(CNS(=O)(=O)c2cc(CO)oc2C)o1. The summed E-state index contributed by atoms with van der Waals surface area (Å²) in [5, 5.41) is 8.94. The Morgan fingerprint density at radius 3 is 2.65 bits per heavy atom. The highest BCUT2D eigenvalue weighted by atomic mass is 32.2. The average Bonchev–Trinajstić information content (AvgIpc) is 3.02. The van der Waals surface area contributed by atoms with Crippen molar-refractivity contribution in [3.63, 3.8) is 0 Å². The summed E-state index contributed by atoms with van der Waals surface area (Å²) >= 11 is 0. The number of hydrogen-bond acceptors (Lipinski definition) is 6. The fourth-order valence-corrected chi connectivity index (χ4v) is 2.87. The number of aliphatic hydroxyl groups excluding tert-OH is 1. The molecule has 0 unspecified atom stereocenters. The lowest BCUT2D eigenvalue weighted by molar-refractivity contribution is 0.244. The van der Waals surface area contributed by atoms with Gasteiger partial charge in [0.2, 0.25) is 15.9 Å². The Bertz CT molecular complexity index is 687. The second-order valence-corrected chi connectivity index (χ2v) is 5.93. The molecule has 0 spiro atoms. The monoisotopic (exact) mass is 300 g/mol. The number of nitrogens with zero attached hydrogens (tertiary/aromatic N) is 1. The van der Waals surface area contributed by atoms with E-state index in [9.17, 15) is 8.42 Å². The molecule has 0 radical (unpaired) electrons. The van der Waals surface area contributed by atoms with E-state index in [2.05, 4.69) is 9.71 Å². The standard InChI is InChI=1S/C12H16N2O5S/c1-3-9-5-13-12(19-9)6-14-20(16,17)11-4-10(7-15)18-8(11)2/h4-5,14-15H,3,6-7H2,1-2H3. The van der Waals surface area contributed by atoms with Crippen LogP contribution >= 0.6 is 0 Å². The molecule has 0 aromatic carbocycles. The van der Waals surface area contributed by atoms with Gasteiger partial charge in [-0.25, -0.2) is 18.1 Å². The molecule has 2 rings (SSSR count). The summed E-state index contributed by atoms with van der Waals surface area (Å²) < 4.78 is 37.0. The molecule has 0 atom stereocenters. The molecule has 0 aliphatic carbocycles. The Hall–Kier alpha value is -1.64. The van der Waals surface area contributed by atoms with E-state index in [1.165, 1.54) is 13.0 Å². The molecule has 2 heterocycles. The van der Waals surface area contributed by atoms with E-state index >= 15 is 0 Å². The van der Waals surface area contributed by atoms with Gasteiger partial charge in [-0.3, -0.25) is 0 Å². The van der Waals surface area contributed by atoms with E-state index < -0.39 is 10.0 Å². The van der Waals surface area contributed by atoms with Crippen LogP contribution in [0.5, 0.6) is 0 Å². The Morgan fingerprint density at radius 1 is 1.35 bits per heavy atom. The smallest absolute Gasteiger partial charge is 0.244 e. The average molecular weight is 300 g/mol. The largest absolute Gasteiger partial charge is 0.462 e. The maximum Gasteiger partial charge on any atom is 0.244 e. The molecule has 0 bridgehead atoms. The van der Waals surface area contributed by atoms with Gasteiger partial charge in [0.05, 0.1) is 12.7 Å². The molecule has 2 aromatic rings. The quantitative estimate of drug-likeness (QED) is 0.828. The van der Waals surface area contributed by atoms with Gasteiger partial charge in [0.15, 0.2) is 0 Å². The summed E-state index contributed by atoms with van der Waals surface area (Å²) in [7, 11) is -3.73. The molecule has 0 aliphatic rings. The van der Waals surface area contributed by atoms with Crippen LogP contribution in [0.2, 0.25) is 0 Å². The third kappa shape index (κ3) is 3.09. The van der Waals surface area contributed by atoms with Crippen LogP contribution in [0, 0.1) is 6.92 Å². The number of furan rings is 1. The summed E-state index contributed by atoms with van der Waals surface area (Å²) in [6.45, 7) is 3.05. The van der Waals surface area contributed by atoms with Gasteiger partial charge >= 0.3 is 0 Å². The van der Waals surface area contributed by atoms with E-state index in [1.54, 1.807) is 6.20 Å². The van der Waals surface area contributed by atoms with Gasteiger partial charge in [0.25, 0.3) is 0 Å². The number of hydrogen-bond donors (Lipinski definition) is 2. The van der Waals surface area contributed by atoms with Gasteiger partial charge in [-0.05, 0) is 6.92 Å². The molecular formula is C12H16N2O5S. The second kappa shape index (κ2) is 5.78. The molecule has 0 saturated heterocycles. The predicted molar refractivity (Wildman–Crippen MR) is 69.3 cm³/mol. The maximum absolute atomic E-state index is 12.1. The lowest BCUT2D eigenvalue weighted by Gasteiger charge is -2.02. The molecule has 7 nitrogen and oxygen atoms in total. The summed E-state index contributed by atoms with van der Waals surface area (Å²) in [5.41, 5.74) is 0. The van der Waals surface area contributed by atoms with Crippen molar-refractivity contribution in [3.8, 4) is 0 Å². The first-order valence-electron chi connectivity index (χ1n) is 6.09.